The van der Waals surface area contributed by atoms with Crippen LogP contribution in [0.4, 0.5) is 0 Å². The van der Waals surface area contributed by atoms with Gasteiger partial charge in [0, 0.05) is 36.7 Å². The Morgan fingerprint density at radius 3 is 2.33 bits per heavy atom. The highest BCUT2D eigenvalue weighted by Gasteiger charge is 2.51. The SMILES string of the molecule is CC1(C)OB(c2cnc(SCCC3CCN(C(=O)[C@@H](O)CO)CC3)nc2)OC1(C)C. The number of aliphatic hydroxyl groups excluding tert-OH is 2. The molecule has 8 nitrogen and oxygen atoms in total. The van der Waals surface area contributed by atoms with Crippen LogP contribution >= 0.6 is 11.8 Å². The first-order chi connectivity index (χ1) is 14.1. The highest BCUT2D eigenvalue weighted by Crippen LogP contribution is 2.36. The molecule has 2 aliphatic rings. The summed E-state index contributed by atoms with van der Waals surface area (Å²) in [7, 11) is -0.453. The number of carbonyl (C=O) groups excluding carboxylic acids is 1. The van der Waals surface area contributed by atoms with Gasteiger partial charge in [-0.1, -0.05) is 11.8 Å². The Bertz CT molecular complexity index is 710. The normalized spacial score (nSPS) is 22.3. The van der Waals surface area contributed by atoms with Gasteiger partial charge in [-0.25, -0.2) is 9.97 Å². The van der Waals surface area contributed by atoms with Crippen molar-refractivity contribution in [2.75, 3.05) is 25.4 Å². The molecule has 2 fully saturated rings. The molecule has 10 heteroatoms. The molecule has 2 N–H and O–H groups in total. The van der Waals surface area contributed by atoms with Crippen LogP contribution in [-0.2, 0) is 14.1 Å². The van der Waals surface area contributed by atoms with Crippen molar-refractivity contribution in [1.82, 2.24) is 14.9 Å². The van der Waals surface area contributed by atoms with Crippen LogP contribution in [0.3, 0.4) is 0 Å². The Hall–Kier alpha value is -1.20. The molecule has 166 valence electrons. The van der Waals surface area contributed by atoms with Gasteiger partial charge < -0.3 is 24.4 Å². The highest BCUT2D eigenvalue weighted by molar-refractivity contribution is 7.99. The quantitative estimate of drug-likeness (QED) is 0.368. The first kappa shape index (κ1) is 23.5. The van der Waals surface area contributed by atoms with Crippen molar-refractivity contribution in [3.05, 3.63) is 12.4 Å². The molecule has 1 atom stereocenters. The van der Waals surface area contributed by atoms with Crippen molar-refractivity contribution in [3.63, 3.8) is 0 Å². The third-order valence-electron chi connectivity index (χ3n) is 6.31. The Morgan fingerprint density at radius 2 is 1.80 bits per heavy atom. The maximum absolute atomic E-state index is 11.9. The van der Waals surface area contributed by atoms with Gasteiger partial charge in [-0.15, -0.1) is 0 Å². The molecule has 2 aliphatic heterocycles. The first-order valence-electron chi connectivity index (χ1n) is 10.5. The van der Waals surface area contributed by atoms with E-state index < -0.39 is 19.8 Å². The third kappa shape index (κ3) is 5.34. The Balaban J connectivity index is 1.41. The van der Waals surface area contributed by atoms with Gasteiger partial charge in [0.2, 0.25) is 0 Å². The number of rotatable bonds is 7. The van der Waals surface area contributed by atoms with E-state index in [1.54, 1.807) is 29.1 Å². The van der Waals surface area contributed by atoms with Crippen molar-refractivity contribution < 1.29 is 24.3 Å². The molecule has 3 rings (SSSR count). The fourth-order valence-electron chi connectivity index (χ4n) is 3.55. The predicted octanol–water partition coefficient (Wildman–Crippen LogP) is 0.850. The fourth-order valence-corrected chi connectivity index (χ4v) is 4.44. The van der Waals surface area contributed by atoms with Crippen LogP contribution in [0.25, 0.3) is 0 Å². The number of aromatic nitrogens is 2. The van der Waals surface area contributed by atoms with E-state index in [0.717, 1.165) is 35.6 Å². The number of likely N-dealkylation sites (tertiary alicyclic amines) is 1. The molecule has 0 radical (unpaired) electrons. The third-order valence-corrected chi connectivity index (χ3v) is 7.22. The lowest BCUT2D eigenvalue weighted by Crippen LogP contribution is -2.45. The van der Waals surface area contributed by atoms with Crippen LogP contribution < -0.4 is 5.46 Å². The van der Waals surface area contributed by atoms with E-state index in [-0.39, 0.29) is 17.1 Å². The summed E-state index contributed by atoms with van der Waals surface area (Å²) in [6.45, 7) is 8.82. The zero-order chi connectivity index (χ0) is 21.9. The van der Waals surface area contributed by atoms with Crippen LogP contribution in [0.1, 0.15) is 47.0 Å². The molecule has 0 spiro atoms. The average molecular weight is 437 g/mol. The summed E-state index contributed by atoms with van der Waals surface area (Å²) in [6.07, 6.45) is 5.09. The number of piperidine rings is 1. The summed E-state index contributed by atoms with van der Waals surface area (Å²) < 4.78 is 12.1. The molecular formula is C20H32BN3O5S. The molecule has 1 aromatic rings. The molecule has 0 unspecified atom stereocenters. The summed E-state index contributed by atoms with van der Waals surface area (Å²) in [5.41, 5.74) is 0.0447. The van der Waals surface area contributed by atoms with Crippen LogP contribution in [-0.4, -0.2) is 80.9 Å². The Kier molecular flexibility index (Phi) is 7.45. The van der Waals surface area contributed by atoms with Crippen molar-refractivity contribution in [3.8, 4) is 0 Å². The van der Waals surface area contributed by atoms with E-state index in [0.29, 0.717) is 19.0 Å². The Labute approximate surface area is 182 Å². The first-order valence-corrected chi connectivity index (χ1v) is 11.5. The lowest BCUT2D eigenvalue weighted by molar-refractivity contribution is -0.143. The predicted molar refractivity (Wildman–Crippen MR) is 115 cm³/mol. The molecule has 1 aromatic heterocycles. The van der Waals surface area contributed by atoms with Gasteiger partial charge in [0.15, 0.2) is 11.3 Å². The molecule has 0 saturated carbocycles. The number of hydrogen-bond acceptors (Lipinski definition) is 8. The zero-order valence-corrected chi connectivity index (χ0v) is 19.0. The fraction of sp³-hybridized carbons (Fsp3) is 0.750. The van der Waals surface area contributed by atoms with Crippen molar-refractivity contribution in [1.29, 1.82) is 0 Å². The summed E-state index contributed by atoms with van der Waals surface area (Å²) in [5, 5.41) is 19.1. The monoisotopic (exact) mass is 437 g/mol. The van der Waals surface area contributed by atoms with Crippen LogP contribution in [0, 0.1) is 5.92 Å². The van der Waals surface area contributed by atoms with Gasteiger partial charge in [0.1, 0.15) is 0 Å². The van der Waals surface area contributed by atoms with Gasteiger partial charge >= 0.3 is 7.12 Å². The standard InChI is InChI=1S/C20H32BN3O5S/c1-19(2)20(3,4)29-21(28-19)15-11-22-18(23-12-15)30-10-7-14-5-8-24(9-6-14)17(27)16(26)13-25/h11-12,14,16,25-26H,5-10,13H2,1-4H3/t16-/m0/s1. The zero-order valence-electron chi connectivity index (χ0n) is 18.2. The number of hydrogen-bond donors (Lipinski definition) is 2. The average Bonchev–Trinajstić information content (AvgIpc) is 2.95. The molecule has 0 aliphatic carbocycles. The second kappa shape index (κ2) is 9.52. The van der Waals surface area contributed by atoms with Gasteiger partial charge in [-0.05, 0) is 52.9 Å². The van der Waals surface area contributed by atoms with Crippen LogP contribution in [0.2, 0.25) is 0 Å². The molecule has 0 bridgehead atoms. The number of amides is 1. The summed E-state index contributed by atoms with van der Waals surface area (Å²) in [4.78, 5) is 22.5. The molecule has 0 aromatic carbocycles. The van der Waals surface area contributed by atoms with E-state index in [1.807, 2.05) is 27.7 Å². The van der Waals surface area contributed by atoms with Crippen molar-refractivity contribution in [2.24, 2.45) is 5.92 Å². The van der Waals surface area contributed by atoms with E-state index in [4.69, 9.17) is 14.4 Å². The summed E-state index contributed by atoms with van der Waals surface area (Å²) in [6, 6.07) is 0. The van der Waals surface area contributed by atoms with Crippen LogP contribution in [0.15, 0.2) is 17.6 Å². The number of carbonyl (C=O) groups is 1. The number of aliphatic hydroxyl groups is 2. The van der Waals surface area contributed by atoms with Gasteiger partial charge in [0.25, 0.3) is 5.91 Å². The highest BCUT2D eigenvalue weighted by atomic mass is 32.2. The minimum absolute atomic E-state index is 0.374. The second-order valence-corrected chi connectivity index (χ2v) is 10.1. The Morgan fingerprint density at radius 1 is 1.23 bits per heavy atom. The molecule has 2 saturated heterocycles. The van der Waals surface area contributed by atoms with Gasteiger partial charge in [-0.2, -0.15) is 0 Å². The maximum Gasteiger partial charge on any atom is 0.498 e. The maximum atomic E-state index is 11.9. The lowest BCUT2D eigenvalue weighted by Gasteiger charge is -2.32. The molecule has 1 amide bonds. The van der Waals surface area contributed by atoms with Gasteiger partial charge in [0.05, 0.1) is 17.8 Å². The van der Waals surface area contributed by atoms with E-state index in [9.17, 15) is 9.90 Å². The van der Waals surface area contributed by atoms with Crippen molar-refractivity contribution >= 4 is 30.3 Å². The summed E-state index contributed by atoms with van der Waals surface area (Å²) in [5.74, 6) is 1.07. The minimum Gasteiger partial charge on any atom is -0.399 e. The molecule has 3 heterocycles. The van der Waals surface area contributed by atoms with Gasteiger partial charge in [-0.3, -0.25) is 4.79 Å². The molecular weight excluding hydrogens is 405 g/mol. The van der Waals surface area contributed by atoms with Crippen LogP contribution in [0.5, 0.6) is 0 Å². The number of nitrogens with zero attached hydrogens (tertiary/aromatic N) is 3. The minimum atomic E-state index is -1.30. The van der Waals surface area contributed by atoms with E-state index >= 15 is 0 Å². The molecule has 30 heavy (non-hydrogen) atoms. The smallest absolute Gasteiger partial charge is 0.399 e. The van der Waals surface area contributed by atoms with E-state index in [1.165, 1.54) is 0 Å². The number of thioether (sulfide) groups is 1. The topological polar surface area (TPSA) is 105 Å². The second-order valence-electron chi connectivity index (χ2n) is 8.99. The van der Waals surface area contributed by atoms with E-state index in [2.05, 4.69) is 9.97 Å². The largest absolute Gasteiger partial charge is 0.498 e. The lowest BCUT2D eigenvalue weighted by atomic mass is 9.81. The summed E-state index contributed by atoms with van der Waals surface area (Å²) >= 11 is 1.62. The van der Waals surface area contributed by atoms with Crippen molar-refractivity contribution in [2.45, 2.75) is 69.4 Å².